The van der Waals surface area contributed by atoms with Crippen molar-refractivity contribution in [2.24, 2.45) is 0 Å². The van der Waals surface area contributed by atoms with Crippen LogP contribution in [0.2, 0.25) is 0 Å². The largest absolute Gasteiger partial charge is 0.507 e. The second-order valence-corrected chi connectivity index (χ2v) is 8.52. The van der Waals surface area contributed by atoms with Gasteiger partial charge in [0.1, 0.15) is 11.5 Å². The third-order valence-corrected chi connectivity index (χ3v) is 6.57. The van der Waals surface area contributed by atoms with Crippen molar-refractivity contribution in [3.05, 3.63) is 99.0 Å². The first-order valence-electron chi connectivity index (χ1n) is 10.1. The highest BCUT2D eigenvalue weighted by molar-refractivity contribution is 9.10. The van der Waals surface area contributed by atoms with E-state index in [1.807, 2.05) is 44.2 Å². The Balaban J connectivity index is 2.01. The molecule has 32 heavy (non-hydrogen) atoms. The molecule has 162 valence electrons. The zero-order valence-electron chi connectivity index (χ0n) is 17.9. The molecule has 0 spiro atoms. The summed E-state index contributed by atoms with van der Waals surface area (Å²) in [7, 11) is 1.54. The van der Waals surface area contributed by atoms with Crippen molar-refractivity contribution < 1.29 is 19.4 Å². The average molecular weight is 492 g/mol. The van der Waals surface area contributed by atoms with Crippen LogP contribution < -0.4 is 9.64 Å². The molecule has 3 aromatic carbocycles. The number of benzene rings is 3. The standard InChI is InChI=1S/C26H22BrNO4/c1-15-8-4-6-10-20(15)28-23(18-9-5-7-11-21(18)32-3)22(25(30)26(28)31)24(29)17-12-13-19(27)16(2)14-17/h4-14,23,29H,1-3H3/b24-22+. The van der Waals surface area contributed by atoms with Gasteiger partial charge in [0.25, 0.3) is 11.7 Å². The minimum atomic E-state index is -0.837. The number of ether oxygens (including phenoxy) is 1. The molecule has 5 nitrogen and oxygen atoms in total. The van der Waals surface area contributed by atoms with Gasteiger partial charge in [0, 0.05) is 21.3 Å². The third-order valence-electron chi connectivity index (χ3n) is 5.68. The Morgan fingerprint density at radius 1 is 0.969 bits per heavy atom. The highest BCUT2D eigenvalue weighted by Gasteiger charge is 2.48. The highest BCUT2D eigenvalue weighted by Crippen LogP contribution is 2.45. The average Bonchev–Trinajstić information content (AvgIpc) is 3.05. The number of rotatable bonds is 4. The van der Waals surface area contributed by atoms with Crippen LogP contribution in [-0.4, -0.2) is 23.9 Å². The lowest BCUT2D eigenvalue weighted by molar-refractivity contribution is -0.132. The zero-order valence-corrected chi connectivity index (χ0v) is 19.5. The maximum atomic E-state index is 13.3. The number of Topliss-reactive ketones (excluding diaryl/α,β-unsaturated/α-hetero) is 1. The molecule has 1 aliphatic heterocycles. The van der Waals surface area contributed by atoms with E-state index in [1.165, 1.54) is 12.0 Å². The van der Waals surface area contributed by atoms with E-state index >= 15 is 0 Å². The number of halogens is 1. The molecule has 0 aliphatic carbocycles. The lowest BCUT2D eigenvalue weighted by atomic mass is 9.94. The van der Waals surface area contributed by atoms with Crippen LogP contribution in [-0.2, 0) is 9.59 Å². The Labute approximate surface area is 195 Å². The fourth-order valence-corrected chi connectivity index (χ4v) is 4.30. The van der Waals surface area contributed by atoms with Crippen molar-refractivity contribution in [2.45, 2.75) is 19.9 Å². The Hall–Kier alpha value is -3.38. The molecule has 0 radical (unpaired) electrons. The summed E-state index contributed by atoms with van der Waals surface area (Å²) >= 11 is 3.46. The summed E-state index contributed by atoms with van der Waals surface area (Å²) in [6, 6.07) is 19.1. The molecule has 1 fully saturated rings. The van der Waals surface area contributed by atoms with Crippen LogP contribution in [0.3, 0.4) is 0 Å². The van der Waals surface area contributed by atoms with E-state index in [2.05, 4.69) is 15.9 Å². The summed E-state index contributed by atoms with van der Waals surface area (Å²) in [6.45, 7) is 3.77. The molecule has 6 heteroatoms. The first-order valence-corrected chi connectivity index (χ1v) is 10.9. The summed E-state index contributed by atoms with van der Waals surface area (Å²) in [4.78, 5) is 28.0. The van der Waals surface area contributed by atoms with Gasteiger partial charge in [0.2, 0.25) is 0 Å². The molecule has 1 atom stereocenters. The van der Waals surface area contributed by atoms with Crippen molar-refractivity contribution in [3.8, 4) is 5.75 Å². The molecular formula is C26H22BrNO4. The van der Waals surface area contributed by atoms with Crippen LogP contribution in [0, 0.1) is 13.8 Å². The molecular weight excluding hydrogens is 470 g/mol. The van der Waals surface area contributed by atoms with Gasteiger partial charge in [-0.25, -0.2) is 0 Å². The Morgan fingerprint density at radius 2 is 1.66 bits per heavy atom. The lowest BCUT2D eigenvalue weighted by Crippen LogP contribution is -2.30. The van der Waals surface area contributed by atoms with Crippen molar-refractivity contribution in [1.29, 1.82) is 0 Å². The Bertz CT molecular complexity index is 1260. The monoisotopic (exact) mass is 491 g/mol. The fourth-order valence-electron chi connectivity index (χ4n) is 4.05. The van der Waals surface area contributed by atoms with E-state index < -0.39 is 17.7 Å². The number of nitrogens with zero attached hydrogens (tertiary/aromatic N) is 1. The zero-order chi connectivity index (χ0) is 23.0. The summed E-state index contributed by atoms with van der Waals surface area (Å²) in [6.07, 6.45) is 0. The maximum Gasteiger partial charge on any atom is 0.300 e. The number of hydrogen-bond acceptors (Lipinski definition) is 4. The maximum absolute atomic E-state index is 13.3. The third kappa shape index (κ3) is 3.60. The minimum absolute atomic E-state index is 0.0319. The number of aryl methyl sites for hydroxylation is 2. The van der Waals surface area contributed by atoms with Gasteiger partial charge >= 0.3 is 0 Å². The molecule has 4 rings (SSSR count). The van der Waals surface area contributed by atoms with Crippen LogP contribution in [0.5, 0.6) is 5.75 Å². The van der Waals surface area contributed by atoms with Crippen LogP contribution in [0.25, 0.3) is 5.76 Å². The smallest absolute Gasteiger partial charge is 0.300 e. The van der Waals surface area contributed by atoms with Gasteiger partial charge in [0.15, 0.2) is 0 Å². The number of methoxy groups -OCH3 is 1. The van der Waals surface area contributed by atoms with E-state index in [9.17, 15) is 14.7 Å². The van der Waals surface area contributed by atoms with Crippen molar-refractivity contribution in [1.82, 2.24) is 0 Å². The Morgan fingerprint density at radius 3 is 2.34 bits per heavy atom. The minimum Gasteiger partial charge on any atom is -0.507 e. The predicted molar refractivity (Wildman–Crippen MR) is 128 cm³/mol. The van der Waals surface area contributed by atoms with Gasteiger partial charge in [-0.15, -0.1) is 0 Å². The number of hydrogen-bond donors (Lipinski definition) is 1. The van der Waals surface area contributed by atoms with E-state index in [1.54, 1.807) is 36.4 Å². The van der Waals surface area contributed by atoms with Crippen molar-refractivity contribution in [2.75, 3.05) is 12.0 Å². The number of aliphatic hydroxyl groups is 1. The molecule has 0 aromatic heterocycles. The van der Waals surface area contributed by atoms with E-state index in [0.717, 1.165) is 15.6 Å². The second-order valence-electron chi connectivity index (χ2n) is 7.66. The first kappa shape index (κ1) is 21.8. The number of ketones is 1. The number of carbonyl (C=O) groups excluding carboxylic acids is 2. The van der Waals surface area contributed by atoms with Crippen LogP contribution in [0.1, 0.15) is 28.3 Å². The Kier molecular flexibility index (Phi) is 5.89. The number of aliphatic hydroxyl groups excluding tert-OH is 1. The molecule has 1 unspecified atom stereocenters. The number of anilines is 1. The highest BCUT2D eigenvalue weighted by atomic mass is 79.9. The molecule has 0 saturated carbocycles. The molecule has 1 N–H and O–H groups in total. The predicted octanol–water partition coefficient (Wildman–Crippen LogP) is 5.70. The van der Waals surface area contributed by atoms with Crippen LogP contribution >= 0.6 is 15.9 Å². The van der Waals surface area contributed by atoms with Crippen molar-refractivity contribution >= 4 is 39.1 Å². The van der Waals surface area contributed by atoms with Gasteiger partial charge in [-0.05, 0) is 49.2 Å². The van der Waals surface area contributed by atoms with Gasteiger partial charge < -0.3 is 9.84 Å². The lowest BCUT2D eigenvalue weighted by Gasteiger charge is -2.27. The molecule has 1 aliphatic rings. The van der Waals surface area contributed by atoms with Crippen molar-refractivity contribution in [3.63, 3.8) is 0 Å². The summed E-state index contributed by atoms with van der Waals surface area (Å²) < 4.78 is 6.44. The van der Waals surface area contributed by atoms with Crippen LogP contribution in [0.4, 0.5) is 5.69 Å². The van der Waals surface area contributed by atoms with Gasteiger partial charge in [-0.2, -0.15) is 0 Å². The number of carbonyl (C=O) groups is 2. The van der Waals surface area contributed by atoms with E-state index in [-0.39, 0.29) is 11.3 Å². The molecule has 1 amide bonds. The molecule has 3 aromatic rings. The van der Waals surface area contributed by atoms with E-state index in [0.29, 0.717) is 22.6 Å². The fraction of sp³-hybridized carbons (Fsp3) is 0.154. The first-order chi connectivity index (χ1) is 15.3. The van der Waals surface area contributed by atoms with Gasteiger partial charge in [-0.3, -0.25) is 14.5 Å². The topological polar surface area (TPSA) is 66.8 Å². The second kappa shape index (κ2) is 8.63. The van der Waals surface area contributed by atoms with Gasteiger partial charge in [0.05, 0.1) is 18.7 Å². The quantitative estimate of drug-likeness (QED) is 0.288. The number of para-hydroxylation sites is 2. The SMILES string of the molecule is COc1ccccc1C1/C(=C(\O)c2ccc(Br)c(C)c2)C(=O)C(=O)N1c1ccccc1C. The van der Waals surface area contributed by atoms with Crippen LogP contribution in [0.15, 0.2) is 76.8 Å². The van der Waals surface area contributed by atoms with E-state index in [4.69, 9.17) is 4.74 Å². The normalized spacial score (nSPS) is 17.6. The molecule has 0 bridgehead atoms. The summed E-state index contributed by atoms with van der Waals surface area (Å²) in [5, 5.41) is 11.3. The summed E-state index contributed by atoms with van der Waals surface area (Å²) in [5.41, 5.74) is 3.46. The summed E-state index contributed by atoms with van der Waals surface area (Å²) in [5.74, 6) is -1.12. The molecule has 1 saturated heterocycles. The molecule has 1 heterocycles. The number of amides is 1. The van der Waals surface area contributed by atoms with Gasteiger partial charge in [-0.1, -0.05) is 58.4 Å².